The van der Waals surface area contributed by atoms with Crippen molar-refractivity contribution in [2.75, 3.05) is 13.1 Å². The second kappa shape index (κ2) is 38.5. The number of nitrogens with one attached hydrogen (secondary N) is 6. The van der Waals surface area contributed by atoms with E-state index in [1.807, 2.05) is 118 Å². The molecule has 6 N–H and O–H groups in total. The second-order valence-electron chi connectivity index (χ2n) is 29.2. The van der Waals surface area contributed by atoms with E-state index >= 15 is 0 Å². The van der Waals surface area contributed by atoms with Crippen LogP contribution in [-0.2, 0) is 42.3 Å². The number of hydrogen-bond acceptors (Lipinski definition) is 6. The summed E-state index contributed by atoms with van der Waals surface area (Å²) < 4.78 is 12.2. The van der Waals surface area contributed by atoms with Crippen molar-refractivity contribution < 1.29 is 181 Å². The Balaban J connectivity index is 0.00000217. The van der Waals surface area contributed by atoms with E-state index in [0.29, 0.717) is 24.2 Å². The molecule has 4 aliphatic heterocycles. The molecule has 119 heavy (non-hydrogen) atoms. The number of unbranched alkanes of at least 4 members (excludes halogenated alkanes) is 2. The minimum absolute atomic E-state index is 0. The van der Waals surface area contributed by atoms with Crippen molar-refractivity contribution in [2.45, 2.75) is 19.3 Å². The van der Waals surface area contributed by atoms with Gasteiger partial charge in [-0.05, 0) is 185 Å². The Kier molecular flexibility index (Phi) is 28.5. The first-order valence-electron chi connectivity index (χ1n) is 38.1. The third kappa shape index (κ3) is 18.5. The summed E-state index contributed by atoms with van der Waals surface area (Å²) in [5.74, 6) is -0.328. The number of carbonyl (C=O) groups is 2. The number of benzene rings is 2. The van der Waals surface area contributed by atoms with Gasteiger partial charge in [-0.15, -0.1) is 0 Å². The fourth-order valence-corrected chi connectivity index (χ4v) is 15.5. The molecular formula is C95H82I6N16O2. The number of nitrogens with zero attached hydrogens (tertiary/aromatic N) is 10. The molecule has 18 nitrogen and oxygen atoms in total. The average molecular weight is 2240 g/mol. The number of amides is 2. The van der Waals surface area contributed by atoms with Crippen molar-refractivity contribution in [1.29, 1.82) is 0 Å². The number of H-pyrrole nitrogens is 4. The molecule has 12 aromatic heterocycles. The van der Waals surface area contributed by atoms with Crippen molar-refractivity contribution in [2.24, 2.45) is 42.3 Å². The normalized spacial score (nSPS) is 11.5. The molecular weight excluding hydrogens is 2160 g/mol. The van der Waals surface area contributed by atoms with E-state index < -0.39 is 0 Å². The van der Waals surface area contributed by atoms with Crippen molar-refractivity contribution in [3.05, 3.63) is 301 Å². The van der Waals surface area contributed by atoms with Crippen LogP contribution in [0.3, 0.4) is 0 Å². The van der Waals surface area contributed by atoms with Gasteiger partial charge in [-0.1, -0.05) is 24.3 Å². The van der Waals surface area contributed by atoms with Crippen LogP contribution >= 0.6 is 0 Å². The van der Waals surface area contributed by atoms with Crippen molar-refractivity contribution >= 4 is 105 Å². The fourth-order valence-electron chi connectivity index (χ4n) is 15.5. The van der Waals surface area contributed by atoms with Gasteiger partial charge in [-0.25, -0.2) is 47.3 Å². The molecule has 4 aliphatic rings. The Bertz CT molecular complexity index is 6170. The molecule has 0 fully saturated rings. The Hall–Kier alpha value is -10.1. The zero-order valence-corrected chi connectivity index (χ0v) is 78.7. The van der Waals surface area contributed by atoms with Gasteiger partial charge in [-0.2, -0.15) is 0 Å². The maximum Gasteiger partial charge on any atom is 0.251 e. The third-order valence-electron chi connectivity index (χ3n) is 21.4. The Labute approximate surface area is 791 Å². The van der Waals surface area contributed by atoms with Crippen LogP contribution in [-0.4, -0.2) is 64.8 Å². The van der Waals surface area contributed by atoms with E-state index in [1.54, 1.807) is 0 Å². The summed E-state index contributed by atoms with van der Waals surface area (Å²) in [4.78, 5) is 65.3. The molecule has 596 valence electrons. The molecule has 0 spiro atoms. The Morgan fingerprint density at radius 2 is 0.395 bits per heavy atom. The number of fused-ring (bicyclic) bond motifs is 16. The summed E-state index contributed by atoms with van der Waals surface area (Å²) in [7, 11) is 12.1. The molecule has 16 heterocycles. The van der Waals surface area contributed by atoms with E-state index in [4.69, 9.17) is 19.9 Å². The molecule has 0 saturated carbocycles. The van der Waals surface area contributed by atoms with Crippen molar-refractivity contribution in [3.8, 4) is 89.0 Å². The average Bonchev–Trinajstić information content (AvgIpc) is 1.62. The van der Waals surface area contributed by atoms with Crippen LogP contribution in [0.2, 0.25) is 0 Å². The van der Waals surface area contributed by atoms with Gasteiger partial charge in [0.1, 0.15) is 42.3 Å². The van der Waals surface area contributed by atoms with Gasteiger partial charge in [0, 0.05) is 186 Å². The SMILES string of the molecule is C[n+]1ccc(-c2c3nc(c(-c4cc[n+](C)cc4)c4ccc([nH]4)c(-c4cc[n+](C)cc4)c4nc(c(-c5ccc(C(=O)NCCCCCNC(=O)c6ccc(-c7c8nc(c(-c9cc[n+](C)cc9)c9ccc([nH]9)c(-c9cc[n+](C)cc9)c9nc(c(-c%10cc[n+](C)cc%10)c%10ccc7[nH]%10)C=C9)C=C8)cc6)cc5)c5ccc2[nH]5)C=C4)C=C3)cc1.[I-].[I-].[I-].[I-].[I-].[I-]. The van der Waals surface area contributed by atoms with E-state index in [-0.39, 0.29) is 156 Å². The highest BCUT2D eigenvalue weighted by Crippen LogP contribution is 2.42. The lowest BCUT2D eigenvalue weighted by molar-refractivity contribution is -0.671. The molecule has 18 rings (SSSR count). The first-order chi connectivity index (χ1) is 55.2. The summed E-state index contributed by atoms with van der Waals surface area (Å²) in [6, 6.07) is 58.1. The monoisotopic (exact) mass is 2240 g/mol. The number of aromatic nitrogens is 14. The summed E-state index contributed by atoms with van der Waals surface area (Å²) >= 11 is 0. The van der Waals surface area contributed by atoms with Crippen molar-refractivity contribution in [3.63, 3.8) is 0 Å². The smallest absolute Gasteiger partial charge is 0.251 e. The largest absolute Gasteiger partial charge is 1.00 e. The minimum atomic E-state index is -0.164. The quantitative estimate of drug-likeness (QED) is 0.0345. The van der Waals surface area contributed by atoms with Gasteiger partial charge < -0.3 is 174 Å². The van der Waals surface area contributed by atoms with Gasteiger partial charge in [-0.3, -0.25) is 9.59 Å². The van der Waals surface area contributed by atoms with Crippen LogP contribution in [0, 0.1) is 0 Å². The zero-order chi connectivity index (χ0) is 76.8. The number of pyridine rings is 6. The molecule has 2 aromatic carbocycles. The summed E-state index contributed by atoms with van der Waals surface area (Å²) in [6.45, 7) is 0.952. The van der Waals surface area contributed by atoms with Gasteiger partial charge in [0.25, 0.3) is 11.8 Å². The van der Waals surface area contributed by atoms with Gasteiger partial charge in [0.2, 0.25) is 0 Å². The van der Waals surface area contributed by atoms with Crippen LogP contribution in [0.25, 0.3) is 182 Å². The predicted octanol–water partition coefficient (Wildman–Crippen LogP) is -2.74. The molecule has 0 aliphatic carbocycles. The lowest BCUT2D eigenvalue weighted by Crippen LogP contribution is -3.00. The van der Waals surface area contributed by atoms with E-state index in [2.05, 4.69) is 275 Å². The lowest BCUT2D eigenvalue weighted by Gasteiger charge is -2.09. The van der Waals surface area contributed by atoms with E-state index in [1.165, 1.54) is 0 Å². The summed E-state index contributed by atoms with van der Waals surface area (Å²) in [6.07, 6.45) is 43.8. The topological polar surface area (TPSA) is 196 Å². The second-order valence-corrected chi connectivity index (χ2v) is 29.2. The third-order valence-corrected chi connectivity index (χ3v) is 21.4. The minimum Gasteiger partial charge on any atom is -1.00 e. The van der Waals surface area contributed by atoms with Gasteiger partial charge >= 0.3 is 0 Å². The molecule has 0 unspecified atom stereocenters. The number of rotatable bonds is 16. The molecule has 0 saturated heterocycles. The standard InChI is InChI=1S/C95H78N16O2.6HI/c1-106-48-34-62(35-49-106)88-74-22-18-70(98-74)86(71-19-23-75(99-71)89(63-36-50-107(2)51-37-63)79-27-31-83(103-79)92(82-30-26-78(88)102-82)66-42-56-110(5)57-43-66)60-10-14-68(15-11-60)94(112)96-46-8-7-9-47-97-95(113)69-16-12-61(13-17-69)87-72-20-24-76(100-72)90(64-38-52-108(3)53-39-64)80-28-32-84(104-80)93(67-44-58-111(6)59-45-67)85-33-29-81(105-85)91(77-25-21-73(87)101-77)65-40-54-109(4)55-41-65;;;;;;/h10-45,48-59H,7-9,46-47H2,1-6H3,(H2-2,96,97,98,99,100,101,102,103,104,105,112,113);6*1H/q+2;;;;;;/p-2. The molecule has 2 amide bonds. The first-order valence-corrected chi connectivity index (χ1v) is 38.1. The maximum atomic E-state index is 14.0. The first kappa shape index (κ1) is 88.2. The number of hydrogen-bond donors (Lipinski definition) is 6. The molecule has 16 bridgehead atoms. The van der Waals surface area contributed by atoms with Crippen LogP contribution < -0.4 is 182 Å². The van der Waals surface area contributed by atoms with Crippen LogP contribution in [0.1, 0.15) is 85.5 Å². The molecule has 0 radical (unpaired) electrons. The lowest BCUT2D eigenvalue weighted by atomic mass is 10.0. The van der Waals surface area contributed by atoms with E-state index in [9.17, 15) is 9.59 Å². The zero-order valence-electron chi connectivity index (χ0n) is 65.8. The fraction of sp³-hybridized carbons (Fsp3) is 0.116. The molecule has 0 atom stereocenters. The highest BCUT2D eigenvalue weighted by molar-refractivity contribution is 6.04. The van der Waals surface area contributed by atoms with E-state index in [0.717, 1.165) is 198 Å². The summed E-state index contributed by atoms with van der Waals surface area (Å²) in [5, 5.41) is 6.32. The van der Waals surface area contributed by atoms with Gasteiger partial charge in [0.05, 0.1) is 45.6 Å². The molecule has 14 aromatic rings. The van der Waals surface area contributed by atoms with Crippen LogP contribution in [0.15, 0.2) is 244 Å². The van der Waals surface area contributed by atoms with Crippen LogP contribution in [0.4, 0.5) is 0 Å². The maximum absolute atomic E-state index is 14.0. The highest BCUT2D eigenvalue weighted by atomic mass is 127. The number of halogens is 6. The number of aryl methyl sites for hydroxylation is 6. The highest BCUT2D eigenvalue weighted by Gasteiger charge is 2.25. The Morgan fingerprint density at radius 1 is 0.235 bits per heavy atom. The van der Waals surface area contributed by atoms with Crippen molar-refractivity contribution in [1.82, 2.24) is 50.5 Å². The number of aromatic amines is 4. The number of carbonyl (C=O) groups excluding carboxylic acids is 2. The Morgan fingerprint density at radius 3 is 0.563 bits per heavy atom. The predicted molar refractivity (Wildman–Crippen MR) is 447 cm³/mol. The molecule has 24 heteroatoms. The summed E-state index contributed by atoms with van der Waals surface area (Å²) in [5.41, 5.74) is 30.1. The van der Waals surface area contributed by atoms with Crippen LogP contribution in [0.5, 0.6) is 0 Å². The van der Waals surface area contributed by atoms with Gasteiger partial charge in [0.15, 0.2) is 74.4 Å².